The Kier molecular flexibility index (Phi) is 5.83. The van der Waals surface area contributed by atoms with Gasteiger partial charge in [-0.25, -0.2) is 4.98 Å². The number of thiazole rings is 1. The lowest BCUT2D eigenvalue weighted by atomic mass is 9.95. The molecule has 2 aromatic rings. The van der Waals surface area contributed by atoms with E-state index in [9.17, 15) is 20.4 Å². The van der Waals surface area contributed by atoms with Gasteiger partial charge >= 0.3 is 0 Å². The number of hydrogen-bond acceptors (Lipinski definition) is 7. The van der Waals surface area contributed by atoms with Crippen LogP contribution in [-0.2, 0) is 17.6 Å². The van der Waals surface area contributed by atoms with E-state index >= 15 is 0 Å². The van der Waals surface area contributed by atoms with E-state index in [1.807, 2.05) is 5.38 Å². The zero-order valence-electron chi connectivity index (χ0n) is 13.9. The summed E-state index contributed by atoms with van der Waals surface area (Å²) in [5.41, 5.74) is 3.27. The van der Waals surface area contributed by atoms with Crippen molar-refractivity contribution in [2.45, 2.75) is 50.3 Å². The average molecular weight is 365 g/mol. The second kappa shape index (κ2) is 7.90. The van der Waals surface area contributed by atoms with Gasteiger partial charge in [-0.05, 0) is 17.5 Å². The highest BCUT2D eigenvalue weighted by Gasteiger charge is 2.45. The Morgan fingerprint density at radius 2 is 1.72 bits per heavy atom. The molecule has 7 heteroatoms. The van der Waals surface area contributed by atoms with Gasteiger partial charge in [0.2, 0.25) is 0 Å². The molecule has 0 bridgehead atoms. The number of aliphatic hydroxyl groups is 4. The molecule has 1 aliphatic rings. The Balaban J connectivity index is 1.73. The molecule has 1 aromatic carbocycles. The van der Waals surface area contributed by atoms with E-state index in [0.717, 1.165) is 17.7 Å². The lowest BCUT2D eigenvalue weighted by Gasteiger charge is -2.39. The fraction of sp³-hybridized carbons (Fsp3) is 0.500. The van der Waals surface area contributed by atoms with Gasteiger partial charge in [0, 0.05) is 11.8 Å². The van der Waals surface area contributed by atoms with E-state index in [0.29, 0.717) is 11.4 Å². The number of aryl methyl sites for hydroxylation is 1. The van der Waals surface area contributed by atoms with Crippen LogP contribution in [0.15, 0.2) is 29.6 Å². The fourth-order valence-corrected chi connectivity index (χ4v) is 3.83. The third-order valence-electron chi connectivity index (χ3n) is 4.52. The molecule has 2 heterocycles. The van der Waals surface area contributed by atoms with Gasteiger partial charge in [0.15, 0.2) is 0 Å². The SMILES string of the molecule is CCc1ccc(Cc2csc([C@@H]3O[C@H](CO)[C@@H](O)[C@H](O)[C@H]3O)n2)cc1. The molecular weight excluding hydrogens is 342 g/mol. The first-order valence-corrected chi connectivity index (χ1v) is 9.24. The van der Waals surface area contributed by atoms with Crippen LogP contribution in [0.1, 0.15) is 34.9 Å². The van der Waals surface area contributed by atoms with Crippen LogP contribution in [0.25, 0.3) is 0 Å². The van der Waals surface area contributed by atoms with Crippen molar-refractivity contribution < 1.29 is 25.2 Å². The van der Waals surface area contributed by atoms with Crippen molar-refractivity contribution in [3.63, 3.8) is 0 Å². The van der Waals surface area contributed by atoms with E-state index in [1.165, 1.54) is 16.9 Å². The summed E-state index contributed by atoms with van der Waals surface area (Å²) in [5, 5.41) is 41.6. The summed E-state index contributed by atoms with van der Waals surface area (Å²) in [7, 11) is 0. The normalized spacial score (nSPS) is 29.7. The van der Waals surface area contributed by atoms with Gasteiger partial charge in [0.05, 0.1) is 12.3 Å². The van der Waals surface area contributed by atoms with E-state index in [4.69, 9.17) is 4.74 Å². The van der Waals surface area contributed by atoms with Gasteiger partial charge < -0.3 is 25.2 Å². The first kappa shape index (κ1) is 18.4. The van der Waals surface area contributed by atoms with Crippen molar-refractivity contribution in [3.8, 4) is 0 Å². The lowest BCUT2D eigenvalue weighted by molar-refractivity contribution is -0.231. The van der Waals surface area contributed by atoms with Gasteiger partial charge in [0.25, 0.3) is 0 Å². The third-order valence-corrected chi connectivity index (χ3v) is 5.48. The van der Waals surface area contributed by atoms with E-state index in [2.05, 4.69) is 36.2 Å². The number of hydrogen-bond donors (Lipinski definition) is 4. The molecule has 0 spiro atoms. The Morgan fingerprint density at radius 1 is 1.04 bits per heavy atom. The van der Waals surface area contributed by atoms with Crippen LogP contribution in [-0.4, -0.2) is 56.4 Å². The van der Waals surface area contributed by atoms with E-state index < -0.39 is 37.1 Å². The van der Waals surface area contributed by atoms with Crippen LogP contribution in [0.3, 0.4) is 0 Å². The van der Waals surface area contributed by atoms with Gasteiger partial charge in [-0.3, -0.25) is 0 Å². The maximum absolute atomic E-state index is 10.2. The number of ether oxygens (including phenoxy) is 1. The van der Waals surface area contributed by atoms with Gasteiger partial charge in [-0.2, -0.15) is 0 Å². The highest BCUT2D eigenvalue weighted by Crippen LogP contribution is 2.34. The quantitative estimate of drug-likeness (QED) is 0.625. The van der Waals surface area contributed by atoms with Crippen LogP contribution >= 0.6 is 11.3 Å². The second-order valence-electron chi connectivity index (χ2n) is 6.27. The maximum atomic E-state index is 10.2. The number of rotatable bonds is 5. The summed E-state index contributed by atoms with van der Waals surface area (Å²) >= 11 is 1.33. The molecule has 0 radical (unpaired) electrons. The first-order chi connectivity index (χ1) is 12.0. The molecule has 6 nitrogen and oxygen atoms in total. The Morgan fingerprint density at radius 3 is 2.36 bits per heavy atom. The molecule has 5 atom stereocenters. The summed E-state index contributed by atoms with van der Waals surface area (Å²) < 4.78 is 5.55. The van der Waals surface area contributed by atoms with E-state index in [-0.39, 0.29) is 0 Å². The van der Waals surface area contributed by atoms with Crippen LogP contribution in [0.4, 0.5) is 0 Å². The van der Waals surface area contributed by atoms with Crippen molar-refractivity contribution >= 4 is 11.3 Å². The molecule has 136 valence electrons. The Bertz CT molecular complexity index is 687. The van der Waals surface area contributed by atoms with Crippen LogP contribution in [0, 0.1) is 0 Å². The topological polar surface area (TPSA) is 103 Å². The van der Waals surface area contributed by atoms with Gasteiger partial charge in [-0.15, -0.1) is 11.3 Å². The molecule has 0 saturated carbocycles. The molecule has 3 rings (SSSR count). The molecule has 0 amide bonds. The molecule has 0 unspecified atom stereocenters. The van der Waals surface area contributed by atoms with Crippen LogP contribution in [0.2, 0.25) is 0 Å². The number of aliphatic hydroxyl groups excluding tert-OH is 4. The molecule has 1 aromatic heterocycles. The summed E-state index contributed by atoms with van der Waals surface area (Å²) in [6.07, 6.45) is -4.15. The van der Waals surface area contributed by atoms with Gasteiger partial charge in [0.1, 0.15) is 35.5 Å². The molecule has 1 saturated heterocycles. The van der Waals surface area contributed by atoms with Gasteiger partial charge in [-0.1, -0.05) is 31.2 Å². The Hall–Kier alpha value is -1.35. The second-order valence-corrected chi connectivity index (χ2v) is 7.16. The van der Waals surface area contributed by atoms with Crippen molar-refractivity contribution in [1.29, 1.82) is 0 Å². The van der Waals surface area contributed by atoms with Crippen molar-refractivity contribution in [2.75, 3.05) is 6.61 Å². The molecule has 1 aliphatic heterocycles. The predicted octanol–water partition coefficient (Wildman–Crippen LogP) is 0.811. The minimum atomic E-state index is -1.38. The monoisotopic (exact) mass is 365 g/mol. The summed E-state index contributed by atoms with van der Waals surface area (Å²) in [6, 6.07) is 8.35. The summed E-state index contributed by atoms with van der Waals surface area (Å²) in [4.78, 5) is 4.51. The highest BCUT2D eigenvalue weighted by atomic mass is 32.1. The summed E-state index contributed by atoms with van der Waals surface area (Å²) in [6.45, 7) is 1.67. The zero-order chi connectivity index (χ0) is 18.0. The summed E-state index contributed by atoms with van der Waals surface area (Å²) in [5.74, 6) is 0. The van der Waals surface area contributed by atoms with Crippen LogP contribution < -0.4 is 0 Å². The molecular formula is C18H23NO5S. The van der Waals surface area contributed by atoms with Crippen molar-refractivity contribution in [1.82, 2.24) is 4.98 Å². The zero-order valence-corrected chi connectivity index (χ0v) is 14.8. The third kappa shape index (κ3) is 3.92. The molecule has 0 aliphatic carbocycles. The van der Waals surface area contributed by atoms with Crippen molar-refractivity contribution in [2.24, 2.45) is 0 Å². The standard InChI is InChI=1S/C18H23NO5S/c1-2-10-3-5-11(6-4-10)7-12-9-25-18(19-12)17-16(23)15(22)14(21)13(8-20)24-17/h3-6,9,13-17,20-23H,2,7-8H2,1H3/t13-,14-,15+,16-,17-/m1/s1. The first-order valence-electron chi connectivity index (χ1n) is 8.36. The van der Waals surface area contributed by atoms with Crippen molar-refractivity contribution in [3.05, 3.63) is 51.5 Å². The average Bonchev–Trinajstić information content (AvgIpc) is 3.09. The number of benzene rings is 1. The minimum Gasteiger partial charge on any atom is -0.394 e. The minimum absolute atomic E-state index is 0.441. The van der Waals surface area contributed by atoms with Crippen LogP contribution in [0.5, 0.6) is 0 Å². The molecule has 1 fully saturated rings. The highest BCUT2D eigenvalue weighted by molar-refractivity contribution is 7.09. The smallest absolute Gasteiger partial charge is 0.138 e. The maximum Gasteiger partial charge on any atom is 0.138 e. The number of nitrogens with zero attached hydrogens (tertiary/aromatic N) is 1. The fourth-order valence-electron chi connectivity index (χ4n) is 2.94. The Labute approximate surface area is 150 Å². The predicted molar refractivity (Wildman–Crippen MR) is 93.5 cm³/mol. The van der Waals surface area contributed by atoms with E-state index in [1.54, 1.807) is 0 Å². The number of aromatic nitrogens is 1. The lowest BCUT2D eigenvalue weighted by Crippen LogP contribution is -2.55. The largest absolute Gasteiger partial charge is 0.394 e. The molecule has 4 N–H and O–H groups in total. The molecule has 25 heavy (non-hydrogen) atoms.